The zero-order chi connectivity index (χ0) is 14.8. The van der Waals surface area contributed by atoms with Gasteiger partial charge in [0.15, 0.2) is 5.13 Å². The van der Waals surface area contributed by atoms with Crippen LogP contribution in [-0.4, -0.2) is 17.6 Å². The van der Waals surface area contributed by atoms with Crippen LogP contribution >= 0.6 is 11.3 Å². The minimum atomic E-state index is -0.216. The Morgan fingerprint density at radius 1 is 1.38 bits per heavy atom. The molecule has 2 amide bonds. The van der Waals surface area contributed by atoms with Crippen molar-refractivity contribution in [2.75, 3.05) is 11.9 Å². The standard InChI is InChI=1S/C16H17N3OS/c1-10-4-3-5-14-12(6-7-13(10)14)9-17-15(20)19-16-18-8-11(2)21-16/h3-6,8H,7,9H2,1-2H3,(H2,17,18,19,20). The lowest BCUT2D eigenvalue weighted by molar-refractivity contribution is 0.253. The maximum absolute atomic E-state index is 11.9. The van der Waals surface area contributed by atoms with Crippen molar-refractivity contribution in [2.45, 2.75) is 20.3 Å². The van der Waals surface area contributed by atoms with Gasteiger partial charge in [0.1, 0.15) is 0 Å². The Labute approximate surface area is 127 Å². The van der Waals surface area contributed by atoms with Crippen LogP contribution in [0, 0.1) is 13.8 Å². The molecule has 1 aliphatic carbocycles. The zero-order valence-corrected chi connectivity index (χ0v) is 12.9. The Bertz CT molecular complexity index is 718. The third kappa shape index (κ3) is 2.97. The second kappa shape index (κ2) is 5.69. The van der Waals surface area contributed by atoms with Crippen LogP contribution in [0.4, 0.5) is 9.93 Å². The fourth-order valence-corrected chi connectivity index (χ4v) is 3.17. The summed E-state index contributed by atoms with van der Waals surface area (Å²) >= 11 is 1.47. The number of nitrogens with zero attached hydrogens (tertiary/aromatic N) is 1. The molecule has 5 heteroatoms. The number of rotatable bonds is 3. The Hall–Kier alpha value is -2.14. The summed E-state index contributed by atoms with van der Waals surface area (Å²) in [6.45, 7) is 4.62. The molecule has 0 bridgehead atoms. The number of amides is 2. The highest BCUT2D eigenvalue weighted by Gasteiger charge is 2.16. The Kier molecular flexibility index (Phi) is 3.75. The van der Waals surface area contributed by atoms with Crippen molar-refractivity contribution in [3.63, 3.8) is 0 Å². The van der Waals surface area contributed by atoms with Crippen LogP contribution in [0.1, 0.15) is 21.6 Å². The quantitative estimate of drug-likeness (QED) is 0.911. The number of thiazole rings is 1. The number of carbonyl (C=O) groups is 1. The molecule has 0 aliphatic heterocycles. The van der Waals surface area contributed by atoms with Gasteiger partial charge in [-0.3, -0.25) is 5.32 Å². The zero-order valence-electron chi connectivity index (χ0n) is 12.1. The van der Waals surface area contributed by atoms with Crippen LogP contribution in [0.15, 0.2) is 30.5 Å². The molecule has 108 valence electrons. The number of aromatic nitrogens is 1. The van der Waals surface area contributed by atoms with Gasteiger partial charge in [-0.05, 0) is 42.5 Å². The first-order chi connectivity index (χ1) is 10.1. The maximum Gasteiger partial charge on any atom is 0.321 e. The lowest BCUT2D eigenvalue weighted by Gasteiger charge is -2.09. The monoisotopic (exact) mass is 299 g/mol. The molecule has 1 aromatic carbocycles. The molecule has 1 heterocycles. The van der Waals surface area contributed by atoms with Crippen molar-refractivity contribution in [3.8, 4) is 0 Å². The molecular formula is C16H17N3OS. The third-order valence-corrected chi connectivity index (χ3v) is 4.42. The van der Waals surface area contributed by atoms with Crippen LogP contribution in [-0.2, 0) is 6.42 Å². The topological polar surface area (TPSA) is 54.0 Å². The fraction of sp³-hybridized carbons (Fsp3) is 0.250. The third-order valence-electron chi connectivity index (χ3n) is 3.59. The summed E-state index contributed by atoms with van der Waals surface area (Å²) < 4.78 is 0. The number of hydrogen-bond donors (Lipinski definition) is 2. The van der Waals surface area contributed by atoms with Gasteiger partial charge in [-0.2, -0.15) is 0 Å². The van der Waals surface area contributed by atoms with Gasteiger partial charge in [0.2, 0.25) is 0 Å². The molecule has 3 rings (SSSR count). The van der Waals surface area contributed by atoms with Gasteiger partial charge in [0.05, 0.1) is 0 Å². The van der Waals surface area contributed by atoms with Gasteiger partial charge < -0.3 is 5.32 Å². The summed E-state index contributed by atoms with van der Waals surface area (Å²) in [5, 5.41) is 6.27. The van der Waals surface area contributed by atoms with Crippen molar-refractivity contribution in [3.05, 3.63) is 52.0 Å². The predicted octanol–water partition coefficient (Wildman–Crippen LogP) is 3.52. The van der Waals surface area contributed by atoms with Gasteiger partial charge in [-0.1, -0.05) is 24.3 Å². The molecule has 4 nitrogen and oxygen atoms in total. The van der Waals surface area contributed by atoms with Crippen LogP contribution in [0.5, 0.6) is 0 Å². The number of benzene rings is 1. The largest absolute Gasteiger partial charge is 0.334 e. The minimum absolute atomic E-state index is 0.216. The van der Waals surface area contributed by atoms with E-state index in [-0.39, 0.29) is 6.03 Å². The smallest absolute Gasteiger partial charge is 0.321 e. The van der Waals surface area contributed by atoms with E-state index < -0.39 is 0 Å². The average Bonchev–Trinajstić information content (AvgIpc) is 3.04. The van der Waals surface area contributed by atoms with E-state index in [1.54, 1.807) is 6.20 Å². The first-order valence-corrected chi connectivity index (χ1v) is 7.70. The Morgan fingerprint density at radius 3 is 3.00 bits per heavy atom. The van der Waals surface area contributed by atoms with E-state index in [0.717, 1.165) is 11.3 Å². The summed E-state index contributed by atoms with van der Waals surface area (Å²) in [5.74, 6) is 0. The number of urea groups is 1. The highest BCUT2D eigenvalue weighted by Crippen LogP contribution is 2.29. The Morgan fingerprint density at radius 2 is 2.24 bits per heavy atom. The van der Waals surface area contributed by atoms with Crippen molar-refractivity contribution in [1.29, 1.82) is 0 Å². The second-order valence-electron chi connectivity index (χ2n) is 5.12. The lowest BCUT2D eigenvalue weighted by Crippen LogP contribution is -2.29. The van der Waals surface area contributed by atoms with Crippen molar-refractivity contribution < 1.29 is 4.79 Å². The summed E-state index contributed by atoms with van der Waals surface area (Å²) in [7, 11) is 0. The molecule has 0 spiro atoms. The van der Waals surface area contributed by atoms with E-state index in [9.17, 15) is 4.79 Å². The number of allylic oxidation sites excluding steroid dienone is 1. The SMILES string of the molecule is Cc1cnc(NC(=O)NCC2=CCc3c(C)cccc32)s1. The fourth-order valence-electron chi connectivity index (χ4n) is 2.51. The van der Waals surface area contributed by atoms with Gasteiger partial charge in [0.25, 0.3) is 0 Å². The number of anilines is 1. The van der Waals surface area contributed by atoms with Crippen molar-refractivity contribution in [2.24, 2.45) is 0 Å². The number of nitrogens with one attached hydrogen (secondary N) is 2. The molecule has 0 atom stereocenters. The number of fused-ring (bicyclic) bond motifs is 1. The van der Waals surface area contributed by atoms with Gasteiger partial charge in [-0.25, -0.2) is 9.78 Å². The molecule has 0 saturated carbocycles. The minimum Gasteiger partial charge on any atom is -0.334 e. The van der Waals surface area contributed by atoms with Crippen LogP contribution in [0.25, 0.3) is 5.57 Å². The van der Waals surface area contributed by atoms with Gasteiger partial charge in [0, 0.05) is 17.6 Å². The van der Waals surface area contributed by atoms with Crippen molar-refractivity contribution >= 4 is 28.1 Å². The number of carbonyl (C=O) groups excluding carboxylic acids is 1. The molecule has 0 fully saturated rings. The highest BCUT2D eigenvalue weighted by atomic mass is 32.1. The first kappa shape index (κ1) is 13.8. The number of hydrogen-bond acceptors (Lipinski definition) is 3. The highest BCUT2D eigenvalue weighted by molar-refractivity contribution is 7.15. The molecule has 1 aromatic heterocycles. The first-order valence-electron chi connectivity index (χ1n) is 6.88. The second-order valence-corrected chi connectivity index (χ2v) is 6.35. The van der Waals surface area contributed by atoms with Crippen LogP contribution in [0.3, 0.4) is 0 Å². The van der Waals surface area contributed by atoms with E-state index in [1.165, 1.54) is 33.6 Å². The van der Waals surface area contributed by atoms with E-state index in [4.69, 9.17) is 0 Å². The molecule has 2 aromatic rings. The maximum atomic E-state index is 11.9. The van der Waals surface area contributed by atoms with Crippen molar-refractivity contribution in [1.82, 2.24) is 10.3 Å². The molecule has 0 saturated heterocycles. The van der Waals surface area contributed by atoms with E-state index in [0.29, 0.717) is 11.7 Å². The Balaban J connectivity index is 1.60. The van der Waals surface area contributed by atoms with E-state index in [1.807, 2.05) is 6.92 Å². The lowest BCUT2D eigenvalue weighted by atomic mass is 10.0. The summed E-state index contributed by atoms with van der Waals surface area (Å²) in [6, 6.07) is 6.09. The van der Waals surface area contributed by atoms with E-state index >= 15 is 0 Å². The van der Waals surface area contributed by atoms with Crippen LogP contribution in [0.2, 0.25) is 0 Å². The summed E-state index contributed by atoms with van der Waals surface area (Å²) in [6.07, 6.45) is 4.89. The summed E-state index contributed by atoms with van der Waals surface area (Å²) in [4.78, 5) is 17.1. The molecule has 2 N–H and O–H groups in total. The molecular weight excluding hydrogens is 282 g/mol. The number of aryl methyl sites for hydroxylation is 2. The van der Waals surface area contributed by atoms with E-state index in [2.05, 4.69) is 46.8 Å². The van der Waals surface area contributed by atoms with Crippen LogP contribution < -0.4 is 10.6 Å². The molecule has 21 heavy (non-hydrogen) atoms. The molecule has 0 unspecified atom stereocenters. The van der Waals surface area contributed by atoms with Gasteiger partial charge >= 0.3 is 6.03 Å². The molecule has 0 radical (unpaired) electrons. The summed E-state index contributed by atoms with van der Waals surface area (Å²) in [5.41, 5.74) is 5.10. The molecule has 1 aliphatic rings. The van der Waals surface area contributed by atoms with Gasteiger partial charge in [-0.15, -0.1) is 11.3 Å². The normalized spacial score (nSPS) is 12.8. The average molecular weight is 299 g/mol. The predicted molar refractivity (Wildman–Crippen MR) is 86.7 cm³/mol.